The van der Waals surface area contributed by atoms with E-state index in [4.69, 9.17) is 5.90 Å². The van der Waals surface area contributed by atoms with Gasteiger partial charge in [0.15, 0.2) is 0 Å². The zero-order valence-electron chi connectivity index (χ0n) is 7.21. The highest BCUT2D eigenvalue weighted by Gasteiger charge is 2.31. The van der Waals surface area contributed by atoms with Crippen molar-refractivity contribution in [2.45, 2.75) is 12.6 Å². The molecule has 0 saturated heterocycles. The molecule has 0 fully saturated rings. The van der Waals surface area contributed by atoms with Gasteiger partial charge in [-0.15, -0.1) is 0 Å². The molecule has 78 valence electrons. The van der Waals surface area contributed by atoms with Gasteiger partial charge in [0.25, 0.3) is 0 Å². The lowest BCUT2D eigenvalue weighted by Gasteiger charge is -2.05. The van der Waals surface area contributed by atoms with E-state index in [1.807, 2.05) is 0 Å². The summed E-state index contributed by atoms with van der Waals surface area (Å²) in [6.45, 7) is 0.257. The number of hydrogen-bond donors (Lipinski definition) is 1. The minimum Gasteiger partial charge on any atom is -0.304 e. The number of halogens is 3. The molecule has 0 atom stereocenters. The van der Waals surface area contributed by atoms with Crippen LogP contribution in [0, 0.1) is 0 Å². The molecule has 6 heteroatoms. The van der Waals surface area contributed by atoms with E-state index < -0.39 is 11.9 Å². The molecule has 0 aliphatic rings. The maximum Gasteiger partial charge on any atom is 0.433 e. The van der Waals surface area contributed by atoms with Gasteiger partial charge in [-0.3, -0.25) is 4.98 Å². The summed E-state index contributed by atoms with van der Waals surface area (Å²) >= 11 is 0. The van der Waals surface area contributed by atoms with Gasteiger partial charge in [-0.2, -0.15) is 13.2 Å². The zero-order valence-corrected chi connectivity index (χ0v) is 7.21. The van der Waals surface area contributed by atoms with Crippen LogP contribution in [0.15, 0.2) is 18.3 Å². The van der Waals surface area contributed by atoms with E-state index in [0.29, 0.717) is 12.0 Å². The first-order valence-corrected chi connectivity index (χ1v) is 3.88. The molecule has 1 rings (SSSR count). The molecular weight excluding hydrogens is 197 g/mol. The second-order valence-corrected chi connectivity index (χ2v) is 2.67. The van der Waals surface area contributed by atoms with E-state index in [2.05, 4.69) is 9.82 Å². The maximum atomic E-state index is 12.1. The molecule has 1 aromatic heterocycles. The monoisotopic (exact) mass is 206 g/mol. The highest BCUT2D eigenvalue weighted by Crippen LogP contribution is 2.27. The maximum absolute atomic E-state index is 12.1. The van der Waals surface area contributed by atoms with Gasteiger partial charge in [-0.1, -0.05) is 6.07 Å². The van der Waals surface area contributed by atoms with E-state index in [1.54, 1.807) is 0 Å². The number of hydrogen-bond acceptors (Lipinski definition) is 3. The van der Waals surface area contributed by atoms with Crippen LogP contribution in [-0.4, -0.2) is 11.6 Å². The molecule has 2 N–H and O–H groups in total. The Bertz CT molecular complexity index is 284. The Morgan fingerprint density at radius 3 is 2.50 bits per heavy atom. The van der Waals surface area contributed by atoms with E-state index >= 15 is 0 Å². The van der Waals surface area contributed by atoms with Gasteiger partial charge in [0.05, 0.1) is 6.61 Å². The van der Waals surface area contributed by atoms with E-state index in [0.717, 1.165) is 6.07 Å². The average molecular weight is 206 g/mol. The molecule has 0 aromatic carbocycles. The Morgan fingerprint density at radius 1 is 1.36 bits per heavy atom. The second kappa shape index (κ2) is 4.39. The molecule has 1 aromatic rings. The summed E-state index contributed by atoms with van der Waals surface area (Å²) in [5.74, 6) is 4.78. The molecular formula is C8H9F3N2O. The number of aromatic nitrogens is 1. The molecule has 0 aliphatic heterocycles. The van der Waals surface area contributed by atoms with Gasteiger partial charge in [-0.25, -0.2) is 5.90 Å². The zero-order chi connectivity index (χ0) is 10.6. The van der Waals surface area contributed by atoms with Crippen molar-refractivity contribution in [3.8, 4) is 0 Å². The predicted molar refractivity (Wildman–Crippen MR) is 43.1 cm³/mol. The topological polar surface area (TPSA) is 48.1 Å². The van der Waals surface area contributed by atoms with Crippen molar-refractivity contribution in [3.05, 3.63) is 29.6 Å². The van der Waals surface area contributed by atoms with Crippen LogP contribution in [0.4, 0.5) is 13.2 Å². The third-order valence-electron chi connectivity index (χ3n) is 1.62. The minimum absolute atomic E-state index is 0.257. The number of pyridine rings is 1. The molecule has 0 spiro atoms. The normalized spacial score (nSPS) is 11.7. The summed E-state index contributed by atoms with van der Waals surface area (Å²) in [7, 11) is 0. The lowest BCUT2D eigenvalue weighted by molar-refractivity contribution is -0.141. The van der Waals surface area contributed by atoms with Crippen LogP contribution in [0.1, 0.15) is 11.3 Å². The molecule has 0 saturated carbocycles. The Balaban J connectivity index is 2.69. The van der Waals surface area contributed by atoms with Crippen molar-refractivity contribution in [1.82, 2.24) is 4.98 Å². The van der Waals surface area contributed by atoms with Crippen molar-refractivity contribution in [2.24, 2.45) is 5.90 Å². The number of alkyl halides is 3. The van der Waals surface area contributed by atoms with Gasteiger partial charge in [0.1, 0.15) is 5.69 Å². The summed E-state index contributed by atoms with van der Waals surface area (Å²) in [5.41, 5.74) is -0.238. The highest BCUT2D eigenvalue weighted by molar-refractivity contribution is 5.16. The summed E-state index contributed by atoms with van der Waals surface area (Å²) in [4.78, 5) is 7.57. The van der Waals surface area contributed by atoms with Crippen molar-refractivity contribution in [1.29, 1.82) is 0 Å². The molecule has 0 aliphatic carbocycles. The van der Waals surface area contributed by atoms with Crippen LogP contribution < -0.4 is 5.90 Å². The highest BCUT2D eigenvalue weighted by atomic mass is 19.4. The Morgan fingerprint density at radius 2 is 2.07 bits per heavy atom. The molecule has 1 heterocycles. The number of rotatable bonds is 3. The Hall–Kier alpha value is -1.14. The quantitative estimate of drug-likeness (QED) is 0.763. The van der Waals surface area contributed by atoms with E-state index in [1.165, 1.54) is 12.3 Å². The first-order valence-electron chi connectivity index (χ1n) is 3.88. The van der Waals surface area contributed by atoms with Crippen LogP contribution in [0.5, 0.6) is 0 Å². The van der Waals surface area contributed by atoms with Gasteiger partial charge in [0, 0.05) is 6.20 Å². The summed E-state index contributed by atoms with van der Waals surface area (Å²) in [5, 5.41) is 0. The van der Waals surface area contributed by atoms with E-state index in [9.17, 15) is 13.2 Å². The summed E-state index contributed by atoms with van der Waals surface area (Å²) in [6.07, 6.45) is -2.77. The molecule has 0 amide bonds. The Labute approximate surface area is 78.6 Å². The third kappa shape index (κ3) is 2.97. The molecule has 14 heavy (non-hydrogen) atoms. The van der Waals surface area contributed by atoms with Crippen LogP contribution in [0.3, 0.4) is 0 Å². The van der Waals surface area contributed by atoms with Gasteiger partial charge in [-0.05, 0) is 18.1 Å². The summed E-state index contributed by atoms with van der Waals surface area (Å²) < 4.78 is 36.2. The van der Waals surface area contributed by atoms with E-state index in [-0.39, 0.29) is 6.61 Å². The SMILES string of the molecule is NOCCc1ccc(C(F)(F)F)nc1. The fourth-order valence-electron chi connectivity index (χ4n) is 0.917. The third-order valence-corrected chi connectivity index (χ3v) is 1.62. The van der Waals surface area contributed by atoms with Gasteiger partial charge >= 0.3 is 6.18 Å². The fourth-order valence-corrected chi connectivity index (χ4v) is 0.917. The molecule has 3 nitrogen and oxygen atoms in total. The number of nitrogens with zero attached hydrogens (tertiary/aromatic N) is 1. The molecule has 0 bridgehead atoms. The lowest BCUT2D eigenvalue weighted by Crippen LogP contribution is -2.09. The standard InChI is InChI=1S/C8H9F3N2O/c9-8(10,11)7-2-1-6(5-13-7)3-4-14-12/h1-2,5H,3-4,12H2. The first-order chi connectivity index (χ1) is 6.54. The van der Waals surface area contributed by atoms with Crippen LogP contribution in [0.2, 0.25) is 0 Å². The van der Waals surface area contributed by atoms with Crippen LogP contribution in [0.25, 0.3) is 0 Å². The van der Waals surface area contributed by atoms with Crippen molar-refractivity contribution in [3.63, 3.8) is 0 Å². The van der Waals surface area contributed by atoms with Gasteiger partial charge in [0.2, 0.25) is 0 Å². The summed E-state index contributed by atoms with van der Waals surface area (Å²) in [6, 6.07) is 2.29. The van der Waals surface area contributed by atoms with Gasteiger partial charge < -0.3 is 4.84 Å². The Kier molecular flexibility index (Phi) is 3.43. The van der Waals surface area contributed by atoms with Crippen molar-refractivity contribution >= 4 is 0 Å². The van der Waals surface area contributed by atoms with Crippen LogP contribution in [-0.2, 0) is 17.4 Å². The lowest BCUT2D eigenvalue weighted by atomic mass is 10.2. The predicted octanol–water partition coefficient (Wildman–Crippen LogP) is 1.53. The number of nitrogens with two attached hydrogens (primary N) is 1. The smallest absolute Gasteiger partial charge is 0.304 e. The van der Waals surface area contributed by atoms with Crippen molar-refractivity contribution < 1.29 is 18.0 Å². The first kappa shape index (κ1) is 10.9. The minimum atomic E-state index is -4.39. The average Bonchev–Trinajstić information content (AvgIpc) is 2.14. The molecule has 0 radical (unpaired) electrons. The van der Waals surface area contributed by atoms with Crippen molar-refractivity contribution in [2.75, 3.05) is 6.61 Å². The second-order valence-electron chi connectivity index (χ2n) is 2.67. The largest absolute Gasteiger partial charge is 0.433 e. The fraction of sp³-hybridized carbons (Fsp3) is 0.375. The van der Waals surface area contributed by atoms with Crippen LogP contribution >= 0.6 is 0 Å². The molecule has 0 unspecified atom stereocenters.